The molecule has 3 nitrogen and oxygen atoms in total. The molecule has 0 N–H and O–H groups in total. The van der Waals surface area contributed by atoms with E-state index in [-0.39, 0.29) is 12.0 Å². The highest BCUT2D eigenvalue weighted by Gasteiger charge is 2.58. The molecule has 0 aromatic rings. The lowest BCUT2D eigenvalue weighted by atomic mass is 10.1. The maximum Gasteiger partial charge on any atom is 0.133 e. The van der Waals surface area contributed by atoms with Crippen molar-refractivity contribution in [3.63, 3.8) is 0 Å². The monoisotopic (exact) mass is 153 g/mol. The highest BCUT2D eigenvalue weighted by atomic mass is 16.3. The third-order valence-electron chi connectivity index (χ3n) is 3.04. The molecular formula is C8H11NO2. The van der Waals surface area contributed by atoms with Crippen molar-refractivity contribution in [2.45, 2.75) is 25.8 Å². The summed E-state index contributed by atoms with van der Waals surface area (Å²) in [5, 5.41) is 3.00. The number of carbonyl (C=O) groups excluding carboxylic acids is 1. The molecule has 3 heteroatoms. The minimum Gasteiger partial charge on any atom is -0.300 e. The van der Waals surface area contributed by atoms with Crippen LogP contribution in [0.1, 0.15) is 19.8 Å². The van der Waals surface area contributed by atoms with Crippen LogP contribution in [-0.4, -0.2) is 11.8 Å². The lowest BCUT2D eigenvalue weighted by Crippen LogP contribution is -2.07. The second kappa shape index (κ2) is 2.13. The van der Waals surface area contributed by atoms with Crippen molar-refractivity contribution in [1.82, 2.24) is 0 Å². The molecule has 2 rings (SSSR count). The molecule has 4 atom stereocenters. The van der Waals surface area contributed by atoms with E-state index in [1.807, 2.05) is 0 Å². The first-order chi connectivity index (χ1) is 5.24. The van der Waals surface area contributed by atoms with Crippen LogP contribution in [-0.2, 0) is 4.79 Å². The van der Waals surface area contributed by atoms with Gasteiger partial charge in [-0.1, -0.05) is 5.18 Å². The second-order valence-electron chi connectivity index (χ2n) is 3.69. The molecule has 2 unspecified atom stereocenters. The molecule has 2 aliphatic rings. The summed E-state index contributed by atoms with van der Waals surface area (Å²) in [5.74, 6) is 1.60. The number of carbonyl (C=O) groups is 1. The Bertz CT molecular complexity index is 202. The lowest BCUT2D eigenvalue weighted by molar-refractivity contribution is -0.118. The zero-order valence-electron chi connectivity index (χ0n) is 6.49. The third kappa shape index (κ3) is 0.905. The Labute approximate surface area is 65.1 Å². The molecule has 0 radical (unpaired) electrons. The minimum atomic E-state index is 0.0144. The van der Waals surface area contributed by atoms with Gasteiger partial charge in [0.05, 0.1) is 6.04 Å². The number of hydrogen-bond donors (Lipinski definition) is 0. The van der Waals surface area contributed by atoms with Crippen LogP contribution in [0.5, 0.6) is 0 Å². The van der Waals surface area contributed by atoms with E-state index in [9.17, 15) is 9.70 Å². The van der Waals surface area contributed by atoms with Crippen LogP contribution < -0.4 is 0 Å². The van der Waals surface area contributed by atoms with Gasteiger partial charge in [-0.2, -0.15) is 4.91 Å². The Hall–Kier alpha value is -0.730. The molecule has 0 amide bonds. The van der Waals surface area contributed by atoms with E-state index in [0.29, 0.717) is 17.6 Å². The van der Waals surface area contributed by atoms with Gasteiger partial charge in [-0.15, -0.1) is 0 Å². The van der Waals surface area contributed by atoms with E-state index >= 15 is 0 Å². The fourth-order valence-corrected chi connectivity index (χ4v) is 2.50. The quantitative estimate of drug-likeness (QED) is 0.562. The SMILES string of the molecule is CC(=O)C1[C@H]2CC(N=O)C[C@@H]12. The molecule has 0 heterocycles. The van der Waals surface area contributed by atoms with Crippen molar-refractivity contribution in [1.29, 1.82) is 0 Å². The van der Waals surface area contributed by atoms with E-state index in [1.54, 1.807) is 6.92 Å². The van der Waals surface area contributed by atoms with Gasteiger partial charge in [-0.3, -0.25) is 4.79 Å². The van der Waals surface area contributed by atoms with Gasteiger partial charge in [0, 0.05) is 5.92 Å². The predicted octanol–water partition coefficient (Wildman–Crippen LogP) is 1.37. The topological polar surface area (TPSA) is 46.5 Å². The van der Waals surface area contributed by atoms with Crippen LogP contribution in [0, 0.1) is 22.7 Å². The van der Waals surface area contributed by atoms with Crippen molar-refractivity contribution in [2.75, 3.05) is 0 Å². The fraction of sp³-hybridized carbons (Fsp3) is 0.875. The van der Waals surface area contributed by atoms with Gasteiger partial charge in [-0.05, 0) is 31.6 Å². The molecule has 0 aromatic carbocycles. The van der Waals surface area contributed by atoms with Crippen LogP contribution in [0.4, 0.5) is 0 Å². The maximum absolute atomic E-state index is 10.9. The number of rotatable bonds is 2. The van der Waals surface area contributed by atoms with Gasteiger partial charge >= 0.3 is 0 Å². The molecule has 0 spiro atoms. The average Bonchev–Trinajstić information content (AvgIpc) is 2.48. The minimum absolute atomic E-state index is 0.0144. The molecule has 2 saturated carbocycles. The highest BCUT2D eigenvalue weighted by Crippen LogP contribution is 2.58. The van der Waals surface area contributed by atoms with Gasteiger partial charge in [0.15, 0.2) is 0 Å². The Morgan fingerprint density at radius 2 is 1.91 bits per heavy atom. The summed E-state index contributed by atoms with van der Waals surface area (Å²) in [5.41, 5.74) is 0. The van der Waals surface area contributed by atoms with Crippen molar-refractivity contribution in [3.8, 4) is 0 Å². The van der Waals surface area contributed by atoms with E-state index in [4.69, 9.17) is 0 Å². The second-order valence-corrected chi connectivity index (χ2v) is 3.69. The molecule has 60 valence electrons. The highest BCUT2D eigenvalue weighted by molar-refractivity contribution is 5.82. The molecule has 2 fully saturated rings. The van der Waals surface area contributed by atoms with Gasteiger partial charge in [0.1, 0.15) is 5.78 Å². The third-order valence-corrected chi connectivity index (χ3v) is 3.04. The Morgan fingerprint density at radius 3 is 2.27 bits per heavy atom. The van der Waals surface area contributed by atoms with E-state index in [0.717, 1.165) is 12.8 Å². The average molecular weight is 153 g/mol. The first-order valence-electron chi connectivity index (χ1n) is 4.07. The summed E-state index contributed by atoms with van der Waals surface area (Å²) in [4.78, 5) is 21.0. The number of ketones is 1. The zero-order valence-corrected chi connectivity index (χ0v) is 6.49. The molecule has 0 aromatic heterocycles. The zero-order chi connectivity index (χ0) is 8.01. The van der Waals surface area contributed by atoms with Gasteiger partial charge in [-0.25, -0.2) is 0 Å². The number of fused-ring (bicyclic) bond motifs is 1. The number of hydrogen-bond acceptors (Lipinski definition) is 3. The summed E-state index contributed by atoms with van der Waals surface area (Å²) in [6, 6.07) is 0.0144. The van der Waals surface area contributed by atoms with Crippen LogP contribution in [0.15, 0.2) is 5.18 Å². The maximum atomic E-state index is 10.9. The smallest absolute Gasteiger partial charge is 0.133 e. The van der Waals surface area contributed by atoms with Crippen molar-refractivity contribution >= 4 is 5.78 Å². The fourth-order valence-electron chi connectivity index (χ4n) is 2.50. The van der Waals surface area contributed by atoms with Gasteiger partial charge < -0.3 is 0 Å². The Kier molecular flexibility index (Phi) is 1.34. The van der Waals surface area contributed by atoms with Gasteiger partial charge in [0.2, 0.25) is 0 Å². The molecule has 0 bridgehead atoms. The van der Waals surface area contributed by atoms with Crippen molar-refractivity contribution < 1.29 is 4.79 Å². The summed E-state index contributed by atoms with van der Waals surface area (Å²) in [6.07, 6.45) is 1.72. The molecule has 0 saturated heterocycles. The predicted molar refractivity (Wildman–Crippen MR) is 40.0 cm³/mol. The van der Waals surface area contributed by atoms with Gasteiger partial charge in [0.25, 0.3) is 0 Å². The van der Waals surface area contributed by atoms with Crippen LogP contribution in [0.25, 0.3) is 0 Å². The van der Waals surface area contributed by atoms with E-state index in [2.05, 4.69) is 5.18 Å². The Balaban J connectivity index is 1.95. The van der Waals surface area contributed by atoms with Crippen molar-refractivity contribution in [2.24, 2.45) is 22.9 Å². The molecular weight excluding hydrogens is 142 g/mol. The number of nitrogens with zero attached hydrogens (tertiary/aromatic N) is 1. The number of Topliss-reactive ketones (excluding diaryl/α,β-unsaturated/α-hetero) is 1. The summed E-state index contributed by atoms with van der Waals surface area (Å²) in [7, 11) is 0. The first-order valence-corrected chi connectivity index (χ1v) is 4.07. The Morgan fingerprint density at radius 1 is 1.36 bits per heavy atom. The van der Waals surface area contributed by atoms with E-state index in [1.165, 1.54) is 0 Å². The molecule has 2 aliphatic carbocycles. The normalized spacial score (nSPS) is 46.6. The van der Waals surface area contributed by atoms with Crippen LogP contribution >= 0.6 is 0 Å². The molecule has 0 aliphatic heterocycles. The van der Waals surface area contributed by atoms with Crippen LogP contribution in [0.2, 0.25) is 0 Å². The molecule has 11 heavy (non-hydrogen) atoms. The largest absolute Gasteiger partial charge is 0.300 e. The summed E-state index contributed by atoms with van der Waals surface area (Å²) < 4.78 is 0. The van der Waals surface area contributed by atoms with Crippen LogP contribution in [0.3, 0.4) is 0 Å². The lowest BCUT2D eigenvalue weighted by Gasteiger charge is -2.02. The van der Waals surface area contributed by atoms with E-state index < -0.39 is 0 Å². The van der Waals surface area contributed by atoms with Crippen molar-refractivity contribution in [3.05, 3.63) is 4.91 Å². The first kappa shape index (κ1) is 6.95. The summed E-state index contributed by atoms with van der Waals surface area (Å²) >= 11 is 0. The standard InChI is InChI=1S/C8H11NO2/c1-4(10)8-6-2-5(9-11)3-7(6)8/h5-8H,2-3H2,1H3/t5?,6-,7+,8?. The summed E-state index contributed by atoms with van der Waals surface area (Å²) in [6.45, 7) is 1.65. The number of nitroso groups, excluding NO2 is 1.